The van der Waals surface area contributed by atoms with Gasteiger partial charge in [-0.3, -0.25) is 4.79 Å². The van der Waals surface area contributed by atoms with Gasteiger partial charge in [0.1, 0.15) is 0 Å². The molecule has 0 spiro atoms. The van der Waals surface area contributed by atoms with Gasteiger partial charge in [-0.2, -0.15) is 0 Å². The van der Waals surface area contributed by atoms with Gasteiger partial charge in [-0.1, -0.05) is 48.0 Å². The third-order valence-corrected chi connectivity index (χ3v) is 3.58. The maximum Gasteiger partial charge on any atom is 0.187 e. The maximum absolute atomic E-state index is 12.2. The Balaban J connectivity index is 1.81. The molecule has 0 aromatic heterocycles. The Morgan fingerprint density at radius 3 is 2.70 bits per heavy atom. The van der Waals surface area contributed by atoms with Gasteiger partial charge in [0.2, 0.25) is 0 Å². The molecule has 2 heteroatoms. The van der Waals surface area contributed by atoms with Crippen molar-refractivity contribution in [1.29, 1.82) is 0 Å². The van der Waals surface area contributed by atoms with Crippen LogP contribution in [0.25, 0.3) is 0 Å². The molecular formula is C18H17NO. The van der Waals surface area contributed by atoms with Gasteiger partial charge < -0.3 is 5.32 Å². The fourth-order valence-electron chi connectivity index (χ4n) is 2.51. The molecule has 0 amide bonds. The van der Waals surface area contributed by atoms with Crippen molar-refractivity contribution < 1.29 is 4.79 Å². The van der Waals surface area contributed by atoms with Crippen LogP contribution in [0.2, 0.25) is 0 Å². The van der Waals surface area contributed by atoms with Crippen molar-refractivity contribution in [2.24, 2.45) is 0 Å². The van der Waals surface area contributed by atoms with E-state index in [1.54, 1.807) is 6.08 Å². The molecule has 0 fully saturated rings. The van der Waals surface area contributed by atoms with E-state index in [1.807, 2.05) is 30.3 Å². The number of fused-ring (bicyclic) bond motifs is 1. The van der Waals surface area contributed by atoms with Crippen LogP contribution in [0.15, 0.2) is 60.3 Å². The lowest BCUT2D eigenvalue weighted by atomic mass is 9.98. The molecule has 2 nitrogen and oxygen atoms in total. The molecule has 100 valence electrons. The lowest BCUT2D eigenvalue weighted by molar-refractivity contribution is 0.104. The van der Waals surface area contributed by atoms with E-state index in [4.69, 9.17) is 0 Å². The standard InChI is InChI=1S/C18H17NO/c1-13-7-10-17-15(11-13)8-9-16(19-17)12-18(20)14-5-3-2-4-6-14/h2-7,10-12,19H,8-9H2,1H3/b16-12-. The first kappa shape index (κ1) is 12.7. The van der Waals surface area contributed by atoms with Crippen LogP contribution in [-0.2, 0) is 6.42 Å². The van der Waals surface area contributed by atoms with Crippen LogP contribution in [0.3, 0.4) is 0 Å². The van der Waals surface area contributed by atoms with Crippen molar-refractivity contribution >= 4 is 11.5 Å². The SMILES string of the molecule is Cc1ccc2c(c1)CC/C(=C/C(=O)c1ccccc1)N2. The van der Waals surface area contributed by atoms with Gasteiger partial charge in [0.25, 0.3) is 0 Å². The summed E-state index contributed by atoms with van der Waals surface area (Å²) in [5, 5.41) is 3.37. The van der Waals surface area contributed by atoms with Gasteiger partial charge >= 0.3 is 0 Å². The van der Waals surface area contributed by atoms with E-state index in [1.165, 1.54) is 11.1 Å². The molecule has 0 saturated carbocycles. The van der Waals surface area contributed by atoms with Crippen LogP contribution >= 0.6 is 0 Å². The van der Waals surface area contributed by atoms with Crippen molar-refractivity contribution in [3.05, 3.63) is 77.0 Å². The summed E-state index contributed by atoms with van der Waals surface area (Å²) in [5.41, 5.74) is 5.45. The molecule has 2 aromatic carbocycles. The highest BCUT2D eigenvalue weighted by atomic mass is 16.1. The Hall–Kier alpha value is -2.35. The fourth-order valence-corrected chi connectivity index (χ4v) is 2.51. The Labute approximate surface area is 119 Å². The number of benzene rings is 2. The molecule has 0 bridgehead atoms. The number of allylic oxidation sites excluding steroid dienone is 2. The Kier molecular flexibility index (Phi) is 3.38. The Morgan fingerprint density at radius 1 is 1.10 bits per heavy atom. The molecule has 2 aromatic rings. The zero-order chi connectivity index (χ0) is 13.9. The van der Waals surface area contributed by atoms with Crippen LogP contribution in [0.5, 0.6) is 0 Å². The number of rotatable bonds is 2. The molecule has 0 atom stereocenters. The number of carbonyl (C=O) groups excluding carboxylic acids is 1. The second-order valence-corrected chi connectivity index (χ2v) is 5.19. The number of nitrogens with one attached hydrogen (secondary N) is 1. The summed E-state index contributed by atoms with van der Waals surface area (Å²) in [4.78, 5) is 12.2. The summed E-state index contributed by atoms with van der Waals surface area (Å²) in [6, 6.07) is 15.8. The molecule has 1 heterocycles. The van der Waals surface area contributed by atoms with Crippen LogP contribution in [-0.4, -0.2) is 5.78 Å². The van der Waals surface area contributed by atoms with Gasteiger partial charge in [0.15, 0.2) is 5.78 Å². The zero-order valence-electron chi connectivity index (χ0n) is 11.5. The van der Waals surface area contributed by atoms with E-state index in [0.29, 0.717) is 0 Å². The van der Waals surface area contributed by atoms with Gasteiger partial charge in [-0.05, 0) is 31.4 Å². The molecule has 0 saturated heterocycles. The number of anilines is 1. The molecule has 3 rings (SSSR count). The highest BCUT2D eigenvalue weighted by Gasteiger charge is 2.13. The highest BCUT2D eigenvalue weighted by molar-refractivity contribution is 6.05. The minimum Gasteiger partial charge on any atom is -0.359 e. The van der Waals surface area contributed by atoms with Crippen LogP contribution in [0.1, 0.15) is 27.9 Å². The zero-order valence-corrected chi connectivity index (χ0v) is 11.5. The summed E-state index contributed by atoms with van der Waals surface area (Å²) in [6.45, 7) is 2.10. The predicted molar refractivity (Wildman–Crippen MR) is 82.0 cm³/mol. The average molecular weight is 263 g/mol. The second-order valence-electron chi connectivity index (χ2n) is 5.19. The Bertz CT molecular complexity index is 671. The van der Waals surface area contributed by atoms with E-state index >= 15 is 0 Å². The topological polar surface area (TPSA) is 29.1 Å². The van der Waals surface area contributed by atoms with Crippen LogP contribution < -0.4 is 5.32 Å². The van der Waals surface area contributed by atoms with E-state index in [0.717, 1.165) is 29.8 Å². The van der Waals surface area contributed by atoms with Gasteiger partial charge in [-0.15, -0.1) is 0 Å². The van der Waals surface area contributed by atoms with Crippen molar-refractivity contribution in [3.8, 4) is 0 Å². The summed E-state index contributed by atoms with van der Waals surface area (Å²) < 4.78 is 0. The van der Waals surface area contributed by atoms with Crippen molar-refractivity contribution in [2.75, 3.05) is 5.32 Å². The van der Waals surface area contributed by atoms with E-state index in [2.05, 4.69) is 30.4 Å². The third-order valence-electron chi connectivity index (χ3n) is 3.58. The minimum absolute atomic E-state index is 0.0589. The first-order chi connectivity index (χ1) is 9.72. The van der Waals surface area contributed by atoms with Crippen molar-refractivity contribution in [1.82, 2.24) is 0 Å². The second kappa shape index (κ2) is 5.33. The van der Waals surface area contributed by atoms with E-state index < -0.39 is 0 Å². The lowest BCUT2D eigenvalue weighted by Crippen LogP contribution is -2.12. The number of hydrogen-bond acceptors (Lipinski definition) is 2. The van der Waals surface area contributed by atoms with Crippen LogP contribution in [0.4, 0.5) is 5.69 Å². The highest BCUT2D eigenvalue weighted by Crippen LogP contribution is 2.27. The Morgan fingerprint density at radius 2 is 1.90 bits per heavy atom. The first-order valence-electron chi connectivity index (χ1n) is 6.89. The molecule has 1 aliphatic rings. The smallest absolute Gasteiger partial charge is 0.187 e. The normalized spacial score (nSPS) is 15.6. The largest absolute Gasteiger partial charge is 0.359 e. The van der Waals surface area contributed by atoms with E-state index in [-0.39, 0.29) is 5.78 Å². The maximum atomic E-state index is 12.2. The minimum atomic E-state index is 0.0589. The number of carbonyl (C=O) groups is 1. The fraction of sp³-hybridized carbons (Fsp3) is 0.167. The molecule has 1 N–H and O–H groups in total. The van der Waals surface area contributed by atoms with Gasteiger partial charge in [0, 0.05) is 23.0 Å². The number of ketones is 1. The number of hydrogen-bond donors (Lipinski definition) is 1. The molecule has 1 aliphatic heterocycles. The molecular weight excluding hydrogens is 246 g/mol. The summed E-state index contributed by atoms with van der Waals surface area (Å²) in [6.07, 6.45) is 3.59. The summed E-state index contributed by atoms with van der Waals surface area (Å²) >= 11 is 0. The molecule has 0 aliphatic carbocycles. The summed E-state index contributed by atoms with van der Waals surface area (Å²) in [5.74, 6) is 0.0589. The van der Waals surface area contributed by atoms with E-state index in [9.17, 15) is 4.79 Å². The van der Waals surface area contributed by atoms with Crippen molar-refractivity contribution in [3.63, 3.8) is 0 Å². The van der Waals surface area contributed by atoms with Gasteiger partial charge in [-0.25, -0.2) is 0 Å². The quantitative estimate of drug-likeness (QED) is 0.652. The average Bonchev–Trinajstić information content (AvgIpc) is 2.48. The monoisotopic (exact) mass is 263 g/mol. The van der Waals surface area contributed by atoms with Crippen molar-refractivity contribution in [2.45, 2.75) is 19.8 Å². The number of aryl methyl sites for hydroxylation is 2. The molecule has 20 heavy (non-hydrogen) atoms. The molecule has 0 unspecified atom stereocenters. The predicted octanol–water partition coefficient (Wildman–Crippen LogP) is 4.12. The molecule has 0 radical (unpaired) electrons. The van der Waals surface area contributed by atoms with Gasteiger partial charge in [0.05, 0.1) is 0 Å². The third kappa shape index (κ3) is 2.64. The van der Waals surface area contributed by atoms with Crippen LogP contribution in [0, 0.1) is 6.92 Å². The lowest BCUT2D eigenvalue weighted by Gasteiger charge is -2.21. The summed E-state index contributed by atoms with van der Waals surface area (Å²) in [7, 11) is 0. The first-order valence-corrected chi connectivity index (χ1v) is 6.89.